The first-order chi connectivity index (χ1) is 9.88. The normalized spacial score (nSPS) is 10.2. The average Bonchev–Trinajstić information content (AvgIpc) is 2.42. The van der Waals surface area contributed by atoms with Crippen molar-refractivity contribution in [2.45, 2.75) is 0 Å². The number of ether oxygens (including phenoxy) is 1. The lowest BCUT2D eigenvalue weighted by Crippen LogP contribution is -1.99. The molecule has 1 N–H and O–H groups in total. The molecule has 0 amide bonds. The number of nitrogens with zero attached hydrogens (tertiary/aromatic N) is 2. The van der Waals surface area contributed by atoms with Crippen molar-refractivity contribution in [3.8, 4) is 11.5 Å². The van der Waals surface area contributed by atoms with E-state index in [1.807, 2.05) is 0 Å². The van der Waals surface area contributed by atoms with Gasteiger partial charge in [0.25, 0.3) is 0 Å². The van der Waals surface area contributed by atoms with E-state index in [2.05, 4.69) is 20.9 Å². The van der Waals surface area contributed by atoms with Crippen molar-refractivity contribution in [2.75, 3.05) is 0 Å². The van der Waals surface area contributed by atoms with E-state index in [0.717, 1.165) is 18.3 Å². The molecule has 0 bridgehead atoms. The van der Waals surface area contributed by atoms with Gasteiger partial charge in [-0.25, -0.2) is 9.18 Å². The highest BCUT2D eigenvalue weighted by atomic mass is 79.9. The van der Waals surface area contributed by atoms with Gasteiger partial charge in [-0.1, -0.05) is 0 Å². The van der Waals surface area contributed by atoms with Crippen LogP contribution in [0.25, 0.3) is 0 Å². The fourth-order valence-corrected chi connectivity index (χ4v) is 1.78. The Bertz CT molecular complexity index is 738. The highest BCUT2D eigenvalue weighted by molar-refractivity contribution is 9.10. The van der Waals surface area contributed by atoms with Crippen LogP contribution in [-0.4, -0.2) is 21.0 Å². The number of aromatic nitrogens is 1. The van der Waals surface area contributed by atoms with Gasteiger partial charge >= 0.3 is 11.7 Å². The standard InChI is InChI=1S/C12H6BrFN2O5/c13-8-2-11(10(16(19)20)3-9(8)14)21-7-1-6(12(17)18)4-15-5-7/h1-5H,(H,17,18). The average molecular weight is 357 g/mol. The highest BCUT2D eigenvalue weighted by Gasteiger charge is 2.20. The molecule has 21 heavy (non-hydrogen) atoms. The topological polar surface area (TPSA) is 103 Å². The fourth-order valence-electron chi connectivity index (χ4n) is 1.46. The van der Waals surface area contributed by atoms with Gasteiger partial charge in [0.05, 0.1) is 27.2 Å². The fraction of sp³-hybridized carbons (Fsp3) is 0. The van der Waals surface area contributed by atoms with Crippen LogP contribution >= 0.6 is 15.9 Å². The Morgan fingerprint density at radius 2 is 2.10 bits per heavy atom. The number of hydrogen-bond acceptors (Lipinski definition) is 5. The Labute approximate surface area is 125 Å². The van der Waals surface area contributed by atoms with E-state index in [1.54, 1.807) is 0 Å². The van der Waals surface area contributed by atoms with E-state index in [1.165, 1.54) is 6.20 Å². The van der Waals surface area contributed by atoms with Crippen molar-refractivity contribution >= 4 is 27.6 Å². The summed E-state index contributed by atoms with van der Waals surface area (Å²) in [6.45, 7) is 0. The second kappa shape index (κ2) is 5.83. The van der Waals surface area contributed by atoms with Crippen LogP contribution in [0, 0.1) is 15.9 Å². The molecule has 1 aromatic heterocycles. The van der Waals surface area contributed by atoms with Crippen LogP contribution in [-0.2, 0) is 0 Å². The maximum atomic E-state index is 13.3. The molecule has 0 atom stereocenters. The predicted octanol–water partition coefficient (Wildman–Crippen LogP) is 3.38. The zero-order valence-electron chi connectivity index (χ0n) is 10.1. The van der Waals surface area contributed by atoms with Gasteiger partial charge in [-0.3, -0.25) is 15.1 Å². The van der Waals surface area contributed by atoms with Gasteiger partial charge in [0.15, 0.2) is 0 Å². The smallest absolute Gasteiger partial charge is 0.337 e. The maximum absolute atomic E-state index is 13.3. The Balaban J connectivity index is 2.43. The number of pyridine rings is 1. The second-order valence-corrected chi connectivity index (χ2v) is 4.66. The van der Waals surface area contributed by atoms with Crippen LogP contribution in [0.5, 0.6) is 11.5 Å². The van der Waals surface area contributed by atoms with Crippen molar-refractivity contribution in [1.29, 1.82) is 0 Å². The molecule has 1 aromatic carbocycles. The highest BCUT2D eigenvalue weighted by Crippen LogP contribution is 2.35. The predicted molar refractivity (Wildman–Crippen MR) is 72.0 cm³/mol. The lowest BCUT2D eigenvalue weighted by Gasteiger charge is -2.07. The van der Waals surface area contributed by atoms with E-state index in [4.69, 9.17) is 9.84 Å². The second-order valence-electron chi connectivity index (χ2n) is 3.81. The molecule has 0 spiro atoms. The van der Waals surface area contributed by atoms with Gasteiger partial charge < -0.3 is 9.84 Å². The summed E-state index contributed by atoms with van der Waals surface area (Å²) in [5.41, 5.74) is -0.729. The molecule has 0 saturated carbocycles. The Morgan fingerprint density at radius 3 is 2.71 bits per heavy atom. The largest absolute Gasteiger partial charge is 0.478 e. The molecule has 108 valence electrons. The minimum Gasteiger partial charge on any atom is -0.478 e. The van der Waals surface area contributed by atoms with Crippen LogP contribution in [0.4, 0.5) is 10.1 Å². The van der Waals surface area contributed by atoms with Crippen molar-refractivity contribution in [2.24, 2.45) is 0 Å². The number of carbonyl (C=O) groups is 1. The summed E-state index contributed by atoms with van der Waals surface area (Å²) >= 11 is 2.89. The molecule has 2 rings (SSSR count). The SMILES string of the molecule is O=C(O)c1cncc(Oc2cc(Br)c(F)cc2[N+](=O)[O-])c1. The first-order valence-electron chi connectivity index (χ1n) is 5.38. The minimum atomic E-state index is -1.22. The van der Waals surface area contributed by atoms with Crippen molar-refractivity contribution in [3.63, 3.8) is 0 Å². The van der Waals surface area contributed by atoms with E-state index < -0.39 is 22.4 Å². The number of rotatable bonds is 4. The molecular formula is C12H6BrFN2O5. The van der Waals surface area contributed by atoms with E-state index in [-0.39, 0.29) is 21.5 Å². The first kappa shape index (κ1) is 14.9. The molecule has 0 aliphatic carbocycles. The number of carboxylic acids is 1. The molecule has 0 aliphatic heterocycles. The van der Waals surface area contributed by atoms with Crippen LogP contribution in [0.15, 0.2) is 35.1 Å². The van der Waals surface area contributed by atoms with Crippen molar-refractivity contribution in [1.82, 2.24) is 4.98 Å². The number of hydrogen-bond donors (Lipinski definition) is 1. The first-order valence-corrected chi connectivity index (χ1v) is 6.17. The number of nitro groups is 1. The third-order valence-electron chi connectivity index (χ3n) is 2.39. The minimum absolute atomic E-state index is 0.0171. The quantitative estimate of drug-likeness (QED) is 0.665. The number of halogens is 2. The van der Waals surface area contributed by atoms with Crippen molar-refractivity contribution in [3.05, 3.63) is 56.6 Å². The number of aromatic carboxylic acids is 1. The Hall–Kier alpha value is -2.55. The van der Waals surface area contributed by atoms with Gasteiger partial charge in [0, 0.05) is 12.3 Å². The van der Waals surface area contributed by atoms with Gasteiger partial charge in [0.2, 0.25) is 5.75 Å². The summed E-state index contributed by atoms with van der Waals surface area (Å²) in [7, 11) is 0. The Morgan fingerprint density at radius 1 is 1.38 bits per heavy atom. The lowest BCUT2D eigenvalue weighted by atomic mass is 10.2. The van der Waals surface area contributed by atoms with Gasteiger partial charge in [-0.05, 0) is 22.0 Å². The molecule has 1 heterocycles. The van der Waals surface area contributed by atoms with Gasteiger partial charge in [-0.2, -0.15) is 0 Å². The molecule has 0 aliphatic rings. The van der Waals surface area contributed by atoms with Crippen molar-refractivity contribution < 1.29 is 24.0 Å². The number of benzene rings is 1. The van der Waals surface area contributed by atoms with Crippen LogP contribution in [0.1, 0.15) is 10.4 Å². The molecule has 9 heteroatoms. The summed E-state index contributed by atoms with van der Waals surface area (Å²) in [5, 5.41) is 19.7. The van der Waals surface area contributed by atoms with Crippen LogP contribution < -0.4 is 4.74 Å². The summed E-state index contributed by atoms with van der Waals surface area (Å²) in [4.78, 5) is 24.6. The molecule has 0 fully saturated rings. The molecule has 0 unspecified atom stereocenters. The maximum Gasteiger partial charge on any atom is 0.337 e. The monoisotopic (exact) mass is 356 g/mol. The number of carboxylic acid groups (broad SMARTS) is 1. The Kier molecular flexibility index (Phi) is 4.13. The lowest BCUT2D eigenvalue weighted by molar-refractivity contribution is -0.385. The van der Waals surface area contributed by atoms with E-state index in [9.17, 15) is 19.3 Å². The molecule has 0 saturated heterocycles. The van der Waals surface area contributed by atoms with E-state index >= 15 is 0 Å². The van der Waals surface area contributed by atoms with Crippen LogP contribution in [0.3, 0.4) is 0 Å². The molecule has 7 nitrogen and oxygen atoms in total. The third-order valence-corrected chi connectivity index (χ3v) is 2.99. The zero-order chi connectivity index (χ0) is 15.6. The zero-order valence-corrected chi connectivity index (χ0v) is 11.7. The van der Waals surface area contributed by atoms with Gasteiger partial charge in [-0.15, -0.1) is 0 Å². The summed E-state index contributed by atoms with van der Waals surface area (Å²) < 4.78 is 18.5. The number of nitro benzene ring substituents is 1. The summed E-state index contributed by atoms with van der Waals surface area (Å²) in [6, 6.07) is 2.94. The molecule has 2 aromatic rings. The molecular weight excluding hydrogens is 351 g/mol. The third kappa shape index (κ3) is 3.31. The van der Waals surface area contributed by atoms with E-state index in [0.29, 0.717) is 6.07 Å². The van der Waals surface area contributed by atoms with Crippen LogP contribution in [0.2, 0.25) is 0 Å². The van der Waals surface area contributed by atoms with Gasteiger partial charge in [0.1, 0.15) is 11.6 Å². The summed E-state index contributed by atoms with van der Waals surface area (Å²) in [5.74, 6) is -2.29. The molecule has 0 radical (unpaired) electrons. The summed E-state index contributed by atoms with van der Waals surface area (Å²) in [6.07, 6.45) is 2.29.